The summed E-state index contributed by atoms with van der Waals surface area (Å²) in [6.07, 6.45) is 1.65. The second kappa shape index (κ2) is 4.81. The van der Waals surface area contributed by atoms with Crippen LogP contribution in [0.2, 0.25) is 0 Å². The molecule has 4 heteroatoms. The van der Waals surface area contributed by atoms with Gasteiger partial charge in [-0.3, -0.25) is 0 Å². The molecule has 0 unspecified atom stereocenters. The molecule has 0 radical (unpaired) electrons. The van der Waals surface area contributed by atoms with Crippen molar-refractivity contribution >= 4 is 11.5 Å². The van der Waals surface area contributed by atoms with E-state index in [1.165, 1.54) is 0 Å². The Labute approximate surface area is 84.2 Å². The highest BCUT2D eigenvalue weighted by molar-refractivity contribution is 5.50. The molecule has 1 atom stereocenters. The number of aliphatic hydroxyl groups excluding tert-OH is 1. The normalized spacial score (nSPS) is 12.9. The maximum atomic E-state index is 9.12. The Hall–Kier alpha value is -1.29. The number of pyridine rings is 1. The smallest absolute Gasteiger partial charge is 0.125 e. The number of rotatable bonds is 4. The molecule has 1 heterocycles. The summed E-state index contributed by atoms with van der Waals surface area (Å²) in [5.74, 6) is 0.852. The topological polar surface area (TPSA) is 71.2 Å². The average Bonchev–Trinajstić information content (AvgIpc) is 2.14. The Balaban J connectivity index is 2.67. The van der Waals surface area contributed by atoms with Crippen molar-refractivity contribution in [3.05, 3.63) is 18.3 Å². The first-order valence-corrected chi connectivity index (χ1v) is 4.72. The second-order valence-electron chi connectivity index (χ2n) is 3.65. The molecule has 0 aromatic carbocycles. The average molecular weight is 195 g/mol. The second-order valence-corrected chi connectivity index (χ2v) is 3.65. The summed E-state index contributed by atoms with van der Waals surface area (Å²) in [6, 6.07) is 3.64. The van der Waals surface area contributed by atoms with E-state index >= 15 is 0 Å². The van der Waals surface area contributed by atoms with Crippen LogP contribution in [0.1, 0.15) is 13.8 Å². The molecule has 0 aliphatic rings. The molecule has 1 aromatic heterocycles. The number of anilines is 2. The van der Waals surface area contributed by atoms with Crippen LogP contribution in [0, 0.1) is 5.92 Å². The van der Waals surface area contributed by atoms with Crippen LogP contribution in [-0.4, -0.2) is 22.7 Å². The van der Waals surface area contributed by atoms with Crippen molar-refractivity contribution in [2.24, 2.45) is 5.92 Å². The highest BCUT2D eigenvalue weighted by atomic mass is 16.3. The van der Waals surface area contributed by atoms with Gasteiger partial charge in [-0.05, 0) is 12.0 Å². The summed E-state index contributed by atoms with van der Waals surface area (Å²) in [6.45, 7) is 4.22. The number of nitrogen functional groups attached to an aromatic ring is 1. The zero-order chi connectivity index (χ0) is 10.6. The lowest BCUT2D eigenvalue weighted by Gasteiger charge is -2.21. The van der Waals surface area contributed by atoms with Crippen molar-refractivity contribution in [1.29, 1.82) is 0 Å². The van der Waals surface area contributed by atoms with E-state index < -0.39 is 0 Å². The van der Waals surface area contributed by atoms with E-state index in [0.717, 1.165) is 5.69 Å². The molecule has 0 bridgehead atoms. The minimum absolute atomic E-state index is 0.0526. The van der Waals surface area contributed by atoms with Crippen LogP contribution in [0.5, 0.6) is 0 Å². The van der Waals surface area contributed by atoms with E-state index in [2.05, 4.69) is 24.1 Å². The number of nitrogens with two attached hydrogens (primary N) is 1. The van der Waals surface area contributed by atoms with Crippen molar-refractivity contribution in [2.75, 3.05) is 17.7 Å². The molecular weight excluding hydrogens is 178 g/mol. The lowest BCUT2D eigenvalue weighted by Crippen LogP contribution is -2.29. The van der Waals surface area contributed by atoms with E-state index in [0.29, 0.717) is 11.7 Å². The number of aliphatic hydroxyl groups is 1. The number of aromatic nitrogens is 1. The molecule has 14 heavy (non-hydrogen) atoms. The highest BCUT2D eigenvalue weighted by Crippen LogP contribution is 2.13. The van der Waals surface area contributed by atoms with Gasteiger partial charge in [0.2, 0.25) is 0 Å². The van der Waals surface area contributed by atoms with Gasteiger partial charge in [0, 0.05) is 18.0 Å². The predicted octanol–water partition coefficient (Wildman–Crippen LogP) is 1.09. The van der Waals surface area contributed by atoms with Crippen molar-refractivity contribution in [3.8, 4) is 0 Å². The van der Waals surface area contributed by atoms with Gasteiger partial charge in [-0.25, -0.2) is 4.98 Å². The largest absolute Gasteiger partial charge is 0.394 e. The van der Waals surface area contributed by atoms with Crippen LogP contribution < -0.4 is 11.1 Å². The molecule has 0 amide bonds. The minimum Gasteiger partial charge on any atom is -0.394 e. The molecule has 0 fully saturated rings. The van der Waals surface area contributed by atoms with Gasteiger partial charge >= 0.3 is 0 Å². The van der Waals surface area contributed by atoms with E-state index in [1.807, 2.05) is 6.07 Å². The summed E-state index contributed by atoms with van der Waals surface area (Å²) >= 11 is 0. The molecule has 1 aromatic rings. The molecule has 4 N–H and O–H groups in total. The third kappa shape index (κ3) is 2.88. The zero-order valence-corrected chi connectivity index (χ0v) is 8.57. The Bertz CT molecular complexity index is 288. The van der Waals surface area contributed by atoms with Crippen LogP contribution in [0.4, 0.5) is 11.5 Å². The number of hydrogen-bond acceptors (Lipinski definition) is 4. The molecule has 4 nitrogen and oxygen atoms in total. The summed E-state index contributed by atoms with van der Waals surface area (Å²) in [7, 11) is 0. The van der Waals surface area contributed by atoms with E-state index in [4.69, 9.17) is 10.8 Å². The summed E-state index contributed by atoms with van der Waals surface area (Å²) in [5.41, 5.74) is 6.43. The molecule has 78 valence electrons. The van der Waals surface area contributed by atoms with Gasteiger partial charge in [0.15, 0.2) is 0 Å². The van der Waals surface area contributed by atoms with E-state index in [1.54, 1.807) is 12.3 Å². The minimum atomic E-state index is 0.0526. The third-order valence-electron chi connectivity index (χ3n) is 2.13. The Kier molecular flexibility index (Phi) is 3.71. The number of nitrogens with zero attached hydrogens (tertiary/aromatic N) is 1. The maximum absolute atomic E-state index is 9.12. The van der Waals surface area contributed by atoms with Crippen LogP contribution in [0.3, 0.4) is 0 Å². The summed E-state index contributed by atoms with van der Waals surface area (Å²) < 4.78 is 0. The van der Waals surface area contributed by atoms with Gasteiger partial charge in [0.1, 0.15) is 5.82 Å². The summed E-state index contributed by atoms with van der Waals surface area (Å²) in [4.78, 5) is 3.89. The fraction of sp³-hybridized carbons (Fsp3) is 0.500. The highest BCUT2D eigenvalue weighted by Gasteiger charge is 2.11. The van der Waals surface area contributed by atoms with Crippen molar-refractivity contribution in [3.63, 3.8) is 0 Å². The van der Waals surface area contributed by atoms with Crippen LogP contribution in [-0.2, 0) is 0 Å². The fourth-order valence-corrected chi connectivity index (χ4v) is 1.18. The first kappa shape index (κ1) is 10.8. The fourth-order valence-electron chi connectivity index (χ4n) is 1.18. The summed E-state index contributed by atoms with van der Waals surface area (Å²) in [5, 5.41) is 12.3. The lowest BCUT2D eigenvalue weighted by molar-refractivity contribution is 0.249. The van der Waals surface area contributed by atoms with Gasteiger partial charge in [-0.2, -0.15) is 0 Å². The van der Waals surface area contributed by atoms with Crippen molar-refractivity contribution in [2.45, 2.75) is 19.9 Å². The van der Waals surface area contributed by atoms with E-state index in [-0.39, 0.29) is 12.6 Å². The van der Waals surface area contributed by atoms with Gasteiger partial charge in [-0.1, -0.05) is 13.8 Å². The Morgan fingerprint density at radius 1 is 1.57 bits per heavy atom. The van der Waals surface area contributed by atoms with Crippen LogP contribution >= 0.6 is 0 Å². The van der Waals surface area contributed by atoms with Crippen LogP contribution in [0.25, 0.3) is 0 Å². The predicted molar refractivity (Wildman–Crippen MR) is 58.0 cm³/mol. The Morgan fingerprint density at radius 2 is 2.29 bits per heavy atom. The zero-order valence-electron chi connectivity index (χ0n) is 8.57. The molecule has 0 spiro atoms. The first-order valence-electron chi connectivity index (χ1n) is 4.72. The molecular formula is C10H17N3O. The van der Waals surface area contributed by atoms with E-state index in [9.17, 15) is 0 Å². The monoisotopic (exact) mass is 195 g/mol. The van der Waals surface area contributed by atoms with Crippen LogP contribution in [0.15, 0.2) is 18.3 Å². The SMILES string of the molecule is CC(C)[C@@H](CO)Nc1ccnc(N)c1. The van der Waals surface area contributed by atoms with Crippen molar-refractivity contribution < 1.29 is 5.11 Å². The van der Waals surface area contributed by atoms with Crippen molar-refractivity contribution in [1.82, 2.24) is 4.98 Å². The molecule has 1 rings (SSSR count). The van der Waals surface area contributed by atoms with Gasteiger partial charge in [-0.15, -0.1) is 0 Å². The standard InChI is InChI=1S/C10H17N3O/c1-7(2)9(6-14)13-8-3-4-12-10(11)5-8/h3-5,7,9,14H,6H2,1-2H3,(H3,11,12,13)/t9-/m1/s1. The number of nitrogens with one attached hydrogen (secondary N) is 1. The first-order chi connectivity index (χ1) is 6.63. The molecule has 0 saturated carbocycles. The Morgan fingerprint density at radius 3 is 2.79 bits per heavy atom. The third-order valence-corrected chi connectivity index (χ3v) is 2.13. The molecule has 0 aliphatic carbocycles. The van der Waals surface area contributed by atoms with Gasteiger partial charge in [0.05, 0.1) is 12.6 Å². The van der Waals surface area contributed by atoms with Gasteiger partial charge < -0.3 is 16.2 Å². The molecule has 0 aliphatic heterocycles. The quantitative estimate of drug-likeness (QED) is 0.672. The maximum Gasteiger partial charge on any atom is 0.125 e. The molecule has 0 saturated heterocycles. The lowest BCUT2D eigenvalue weighted by atomic mass is 10.1. The number of hydrogen-bond donors (Lipinski definition) is 3. The van der Waals surface area contributed by atoms with Gasteiger partial charge in [0.25, 0.3) is 0 Å².